The number of fused-ring (bicyclic) bond motifs is 2. The van der Waals surface area contributed by atoms with E-state index in [9.17, 15) is 18.0 Å². The van der Waals surface area contributed by atoms with Gasteiger partial charge in [-0.2, -0.15) is 0 Å². The molecule has 0 spiro atoms. The van der Waals surface area contributed by atoms with Gasteiger partial charge in [-0.15, -0.1) is 11.3 Å². The van der Waals surface area contributed by atoms with Crippen LogP contribution in [-0.2, 0) is 21.4 Å². The molecule has 6 rings (SSSR count). The fourth-order valence-corrected chi connectivity index (χ4v) is 7.67. The molecule has 2 heterocycles. The van der Waals surface area contributed by atoms with E-state index in [0.29, 0.717) is 28.5 Å². The second-order valence-corrected chi connectivity index (χ2v) is 13.5. The van der Waals surface area contributed by atoms with Crippen LogP contribution in [0.5, 0.6) is 5.75 Å². The van der Waals surface area contributed by atoms with Gasteiger partial charge in [-0.05, 0) is 73.3 Å². The average molecular weight is 626 g/mol. The van der Waals surface area contributed by atoms with Gasteiger partial charge in [0.2, 0.25) is 0 Å². The van der Waals surface area contributed by atoms with E-state index in [0.717, 1.165) is 21.2 Å². The molecule has 5 aromatic rings. The molecule has 1 atom stereocenters. The van der Waals surface area contributed by atoms with Gasteiger partial charge in [0, 0.05) is 17.8 Å². The predicted molar refractivity (Wildman–Crippen MR) is 174 cm³/mol. The molecule has 0 radical (unpaired) electrons. The molecule has 2 amide bonds. The van der Waals surface area contributed by atoms with Crippen molar-refractivity contribution in [3.05, 3.63) is 119 Å². The van der Waals surface area contributed by atoms with Gasteiger partial charge in [-0.1, -0.05) is 60.2 Å². The average Bonchev–Trinajstić information content (AvgIpc) is 3.47. The standard InChI is InChI=1S/C34H31N3O5S2/c1-3-37(44(40,41)27-16-13-23(2)14-17-27)26-15-18-31-25(19-26)20-32(43-31)34(39)36-22-30(42-29-12-8-7-11-28(29)36)33(38)35-21-24-9-5-4-6-10-24/h4-20,30H,3,21-22H2,1-2H3,(H,35,38)/t30-/m1/s1. The van der Waals surface area contributed by atoms with E-state index in [2.05, 4.69) is 5.32 Å². The van der Waals surface area contributed by atoms with Crippen molar-refractivity contribution < 1.29 is 22.7 Å². The number of carbonyl (C=O) groups excluding carboxylic acids is 2. The molecule has 0 saturated heterocycles. The van der Waals surface area contributed by atoms with Crippen molar-refractivity contribution in [1.82, 2.24) is 5.32 Å². The third-order valence-corrected chi connectivity index (χ3v) is 10.5. The maximum atomic E-state index is 14.0. The number of benzene rings is 4. The minimum absolute atomic E-state index is 0.0500. The lowest BCUT2D eigenvalue weighted by Gasteiger charge is -2.34. The highest BCUT2D eigenvalue weighted by atomic mass is 32.2. The summed E-state index contributed by atoms with van der Waals surface area (Å²) in [4.78, 5) is 29.4. The molecule has 8 nitrogen and oxygen atoms in total. The Morgan fingerprint density at radius 3 is 2.43 bits per heavy atom. The highest BCUT2D eigenvalue weighted by Crippen LogP contribution is 2.37. The maximum Gasteiger partial charge on any atom is 0.268 e. The number of ether oxygens (including phenoxy) is 1. The number of thiophene rings is 1. The number of para-hydroxylation sites is 2. The largest absolute Gasteiger partial charge is 0.477 e. The lowest BCUT2D eigenvalue weighted by molar-refractivity contribution is -0.128. The normalized spacial score (nSPS) is 14.5. The number of carbonyl (C=O) groups is 2. The monoisotopic (exact) mass is 625 g/mol. The Morgan fingerprint density at radius 1 is 0.955 bits per heavy atom. The summed E-state index contributed by atoms with van der Waals surface area (Å²) in [5, 5.41) is 3.67. The lowest BCUT2D eigenvalue weighted by atomic mass is 10.1. The van der Waals surface area contributed by atoms with Crippen LogP contribution >= 0.6 is 11.3 Å². The predicted octanol–water partition coefficient (Wildman–Crippen LogP) is 6.15. The zero-order valence-electron chi connectivity index (χ0n) is 24.3. The number of hydrogen-bond donors (Lipinski definition) is 1. The van der Waals surface area contributed by atoms with E-state index in [1.165, 1.54) is 15.6 Å². The SMILES string of the molecule is CCN(c1ccc2sc(C(=O)N3C[C@H](C(=O)NCc4ccccc4)Oc4ccccc43)cc2c1)S(=O)(=O)c1ccc(C)cc1. The summed E-state index contributed by atoms with van der Waals surface area (Å²) in [7, 11) is -3.78. The Bertz CT molecular complexity index is 1940. The van der Waals surface area contributed by atoms with E-state index >= 15 is 0 Å². The summed E-state index contributed by atoms with van der Waals surface area (Å²) in [5.41, 5.74) is 3.04. The molecule has 1 aliphatic heterocycles. The van der Waals surface area contributed by atoms with Crippen LogP contribution in [-0.4, -0.2) is 39.4 Å². The number of rotatable bonds is 8. The Kier molecular flexibility index (Phi) is 8.11. The van der Waals surface area contributed by atoms with Crippen molar-refractivity contribution >= 4 is 54.6 Å². The van der Waals surface area contributed by atoms with Gasteiger partial charge in [-0.25, -0.2) is 8.42 Å². The molecule has 1 aliphatic rings. The molecule has 1 aromatic heterocycles. The summed E-state index contributed by atoms with van der Waals surface area (Å²) >= 11 is 1.32. The Balaban J connectivity index is 1.26. The summed E-state index contributed by atoms with van der Waals surface area (Å²) in [6.07, 6.45) is -0.886. The summed E-state index contributed by atoms with van der Waals surface area (Å²) in [6.45, 7) is 4.35. The Hall–Kier alpha value is -4.67. The highest BCUT2D eigenvalue weighted by molar-refractivity contribution is 7.92. The molecule has 4 aromatic carbocycles. The van der Waals surface area contributed by atoms with Gasteiger partial charge in [0.15, 0.2) is 6.10 Å². The Labute approximate surface area is 260 Å². The lowest BCUT2D eigenvalue weighted by Crippen LogP contribution is -2.50. The number of nitrogens with zero attached hydrogens (tertiary/aromatic N) is 2. The first-order valence-electron chi connectivity index (χ1n) is 14.3. The number of aryl methyl sites for hydroxylation is 1. The van der Waals surface area contributed by atoms with Crippen molar-refractivity contribution in [1.29, 1.82) is 0 Å². The quantitative estimate of drug-likeness (QED) is 0.223. The highest BCUT2D eigenvalue weighted by Gasteiger charge is 2.35. The second-order valence-electron chi connectivity index (χ2n) is 10.5. The summed E-state index contributed by atoms with van der Waals surface area (Å²) < 4.78 is 35.2. The molecular weight excluding hydrogens is 595 g/mol. The molecular formula is C34H31N3O5S2. The van der Waals surface area contributed by atoms with Gasteiger partial charge < -0.3 is 10.1 Å². The van der Waals surface area contributed by atoms with Crippen LogP contribution in [0.4, 0.5) is 11.4 Å². The fourth-order valence-electron chi connectivity index (χ4n) is 5.22. The maximum absolute atomic E-state index is 14.0. The first kappa shape index (κ1) is 29.4. The van der Waals surface area contributed by atoms with Gasteiger partial charge in [0.1, 0.15) is 5.75 Å². The fraction of sp³-hybridized carbons (Fsp3) is 0.176. The van der Waals surface area contributed by atoms with Crippen LogP contribution in [0, 0.1) is 6.92 Å². The summed E-state index contributed by atoms with van der Waals surface area (Å²) in [5.74, 6) is -0.115. The van der Waals surface area contributed by atoms with E-state index < -0.39 is 16.1 Å². The molecule has 224 valence electrons. The number of amides is 2. The van der Waals surface area contributed by atoms with Gasteiger partial charge in [0.25, 0.3) is 21.8 Å². The number of anilines is 2. The first-order chi connectivity index (χ1) is 21.2. The number of nitrogens with one attached hydrogen (secondary N) is 1. The van der Waals surface area contributed by atoms with Crippen molar-refractivity contribution in [3.8, 4) is 5.75 Å². The summed E-state index contributed by atoms with van der Waals surface area (Å²) in [6, 6.07) is 30.7. The van der Waals surface area contributed by atoms with E-state index in [-0.39, 0.29) is 29.8 Å². The van der Waals surface area contributed by atoms with Crippen molar-refractivity contribution in [2.24, 2.45) is 0 Å². The molecule has 0 bridgehead atoms. The third kappa shape index (κ3) is 5.78. The number of hydrogen-bond acceptors (Lipinski definition) is 6. The topological polar surface area (TPSA) is 96.0 Å². The smallest absolute Gasteiger partial charge is 0.268 e. The molecule has 1 N–H and O–H groups in total. The van der Waals surface area contributed by atoms with Gasteiger partial charge in [0.05, 0.1) is 27.7 Å². The van der Waals surface area contributed by atoms with Crippen LogP contribution in [0.2, 0.25) is 0 Å². The van der Waals surface area contributed by atoms with Crippen molar-refractivity contribution in [2.75, 3.05) is 22.3 Å². The van der Waals surface area contributed by atoms with E-state index in [1.54, 1.807) is 72.5 Å². The zero-order valence-corrected chi connectivity index (χ0v) is 25.9. The van der Waals surface area contributed by atoms with Crippen LogP contribution in [0.1, 0.15) is 27.7 Å². The third-order valence-electron chi connectivity index (χ3n) is 7.52. The molecule has 0 fully saturated rings. The van der Waals surface area contributed by atoms with Crippen LogP contribution in [0.3, 0.4) is 0 Å². The van der Waals surface area contributed by atoms with Crippen LogP contribution < -0.4 is 19.3 Å². The van der Waals surface area contributed by atoms with Crippen molar-refractivity contribution in [2.45, 2.75) is 31.4 Å². The molecule has 44 heavy (non-hydrogen) atoms. The minimum Gasteiger partial charge on any atom is -0.477 e. The van der Waals surface area contributed by atoms with E-state index in [4.69, 9.17) is 4.74 Å². The Morgan fingerprint density at radius 2 is 1.68 bits per heavy atom. The second kappa shape index (κ2) is 12.1. The molecule has 10 heteroatoms. The van der Waals surface area contributed by atoms with Crippen LogP contribution in [0.15, 0.2) is 108 Å². The minimum atomic E-state index is -3.78. The van der Waals surface area contributed by atoms with Gasteiger partial charge >= 0.3 is 0 Å². The molecule has 0 saturated carbocycles. The molecule has 0 aliphatic carbocycles. The zero-order chi connectivity index (χ0) is 30.8. The first-order valence-corrected chi connectivity index (χ1v) is 16.5. The van der Waals surface area contributed by atoms with E-state index in [1.807, 2.05) is 49.4 Å². The van der Waals surface area contributed by atoms with Crippen molar-refractivity contribution in [3.63, 3.8) is 0 Å². The van der Waals surface area contributed by atoms with Gasteiger partial charge in [-0.3, -0.25) is 18.8 Å². The number of sulfonamides is 1. The van der Waals surface area contributed by atoms with Crippen LogP contribution in [0.25, 0.3) is 10.1 Å². The molecule has 0 unspecified atom stereocenters.